The maximum absolute atomic E-state index is 6.04. The van der Waals surface area contributed by atoms with Crippen molar-refractivity contribution in [3.05, 3.63) is 23.0 Å². The molecule has 1 aromatic heterocycles. The van der Waals surface area contributed by atoms with E-state index in [0.717, 1.165) is 17.1 Å². The van der Waals surface area contributed by atoms with Crippen LogP contribution in [0.25, 0.3) is 5.70 Å². The molecule has 0 aliphatic carbocycles. The highest BCUT2D eigenvalue weighted by atomic mass is 35.5. The van der Waals surface area contributed by atoms with Crippen molar-refractivity contribution in [3.8, 4) is 0 Å². The Balaban J connectivity index is 1.94. The lowest BCUT2D eigenvalue weighted by Gasteiger charge is -2.30. The highest BCUT2D eigenvalue weighted by Gasteiger charge is 2.34. The highest BCUT2D eigenvalue weighted by molar-refractivity contribution is 6.31. The summed E-state index contributed by atoms with van der Waals surface area (Å²) in [6, 6.07) is 1.28. The molecule has 0 amide bonds. The first-order chi connectivity index (χ1) is 7.65. The molecule has 16 heavy (non-hydrogen) atoms. The molecule has 2 bridgehead atoms. The molecule has 0 N–H and O–H groups in total. The molecule has 3 heterocycles. The summed E-state index contributed by atoms with van der Waals surface area (Å²) in [5, 5.41) is 5.21. The van der Waals surface area contributed by atoms with Crippen molar-refractivity contribution < 1.29 is 0 Å². The third-order valence-corrected chi connectivity index (χ3v) is 4.23. The lowest BCUT2D eigenvalue weighted by molar-refractivity contribution is 0.261. The van der Waals surface area contributed by atoms with Gasteiger partial charge in [0.05, 0.1) is 10.7 Å². The Kier molecular flexibility index (Phi) is 2.33. The molecule has 0 radical (unpaired) electrons. The van der Waals surface area contributed by atoms with Gasteiger partial charge in [-0.05, 0) is 32.9 Å². The Morgan fingerprint density at radius 1 is 1.44 bits per heavy atom. The van der Waals surface area contributed by atoms with Gasteiger partial charge in [-0.2, -0.15) is 5.10 Å². The van der Waals surface area contributed by atoms with Gasteiger partial charge in [0.1, 0.15) is 0 Å². The fourth-order valence-corrected chi connectivity index (χ4v) is 2.91. The zero-order valence-electron chi connectivity index (χ0n) is 9.65. The van der Waals surface area contributed by atoms with Crippen LogP contribution >= 0.6 is 11.6 Å². The average Bonchev–Trinajstić information content (AvgIpc) is 2.67. The van der Waals surface area contributed by atoms with Crippen molar-refractivity contribution in [3.63, 3.8) is 0 Å². The van der Waals surface area contributed by atoms with E-state index in [1.807, 2.05) is 17.8 Å². The molecular weight excluding hydrogens is 222 g/mol. The van der Waals surface area contributed by atoms with E-state index >= 15 is 0 Å². The van der Waals surface area contributed by atoms with Gasteiger partial charge in [-0.15, -0.1) is 0 Å². The van der Waals surface area contributed by atoms with E-state index in [0.29, 0.717) is 12.1 Å². The van der Waals surface area contributed by atoms with Gasteiger partial charge in [-0.3, -0.25) is 4.90 Å². The number of rotatable bonds is 1. The smallest absolute Gasteiger partial charge is 0.0819 e. The van der Waals surface area contributed by atoms with Crippen molar-refractivity contribution in [1.82, 2.24) is 14.7 Å². The van der Waals surface area contributed by atoms with E-state index in [2.05, 4.69) is 23.1 Å². The molecular formula is C12H16ClN3. The lowest BCUT2D eigenvalue weighted by atomic mass is 10.1. The first kappa shape index (κ1) is 10.4. The van der Waals surface area contributed by atoms with Gasteiger partial charge in [0.15, 0.2) is 0 Å². The van der Waals surface area contributed by atoms with Crippen molar-refractivity contribution >= 4 is 17.3 Å². The predicted molar refractivity (Wildman–Crippen MR) is 65.4 cm³/mol. The molecule has 0 saturated carbocycles. The van der Waals surface area contributed by atoms with Crippen LogP contribution in [0.2, 0.25) is 5.02 Å². The average molecular weight is 238 g/mol. The Labute approximate surface area is 101 Å². The first-order valence-electron chi connectivity index (χ1n) is 5.80. The first-order valence-corrected chi connectivity index (χ1v) is 6.17. The van der Waals surface area contributed by atoms with E-state index in [-0.39, 0.29) is 0 Å². The number of hydrogen-bond acceptors (Lipinski definition) is 2. The summed E-state index contributed by atoms with van der Waals surface area (Å²) in [4.78, 5) is 2.47. The minimum atomic E-state index is 0.594. The second-order valence-corrected chi connectivity index (χ2v) is 5.24. The van der Waals surface area contributed by atoms with Crippen LogP contribution in [0.5, 0.6) is 0 Å². The summed E-state index contributed by atoms with van der Waals surface area (Å²) in [5.74, 6) is 0. The largest absolute Gasteiger partial charge is 0.297 e. The molecule has 1 fully saturated rings. The highest BCUT2D eigenvalue weighted by Crippen LogP contribution is 2.35. The van der Waals surface area contributed by atoms with Crippen LogP contribution < -0.4 is 0 Å². The fraction of sp³-hybridized carbons (Fsp3) is 0.583. The summed E-state index contributed by atoms with van der Waals surface area (Å²) < 4.78 is 1.95. The molecule has 1 saturated heterocycles. The van der Waals surface area contributed by atoms with Crippen LogP contribution in [0.3, 0.4) is 0 Å². The quantitative estimate of drug-likeness (QED) is 0.749. The van der Waals surface area contributed by atoms with Gasteiger partial charge in [-0.1, -0.05) is 11.6 Å². The Bertz CT molecular complexity index is 430. The number of likely N-dealkylation sites (N-methyl/N-ethyl adjacent to an activating group) is 1. The summed E-state index contributed by atoms with van der Waals surface area (Å²) in [7, 11) is 2.22. The zero-order chi connectivity index (χ0) is 11.3. The molecule has 2 atom stereocenters. The lowest BCUT2D eigenvalue weighted by Crippen LogP contribution is -2.35. The van der Waals surface area contributed by atoms with Crippen molar-refractivity contribution in [2.24, 2.45) is 0 Å². The predicted octanol–water partition coefficient (Wildman–Crippen LogP) is 2.55. The normalized spacial score (nSPS) is 29.6. The molecule has 4 heteroatoms. The van der Waals surface area contributed by atoms with Crippen LogP contribution in [0.15, 0.2) is 12.3 Å². The number of fused-ring (bicyclic) bond motifs is 2. The Hall–Kier alpha value is -0.800. The molecule has 2 aliphatic heterocycles. The molecule has 2 aliphatic rings. The van der Waals surface area contributed by atoms with Gasteiger partial charge < -0.3 is 0 Å². The Morgan fingerprint density at radius 3 is 2.88 bits per heavy atom. The monoisotopic (exact) mass is 237 g/mol. The minimum Gasteiger partial charge on any atom is -0.297 e. The van der Waals surface area contributed by atoms with Crippen LogP contribution in [-0.4, -0.2) is 33.8 Å². The van der Waals surface area contributed by atoms with Crippen molar-refractivity contribution in [1.29, 1.82) is 0 Å². The van der Waals surface area contributed by atoms with Gasteiger partial charge in [0.2, 0.25) is 0 Å². The van der Waals surface area contributed by atoms with Crippen molar-refractivity contribution in [2.75, 3.05) is 7.05 Å². The minimum absolute atomic E-state index is 0.594. The molecule has 3 nitrogen and oxygen atoms in total. The Morgan fingerprint density at radius 2 is 2.25 bits per heavy atom. The van der Waals surface area contributed by atoms with Crippen molar-refractivity contribution in [2.45, 2.75) is 38.3 Å². The maximum atomic E-state index is 6.04. The standard InChI is InChI=1S/C12H16ClN3/c1-8-12(13)7-16(14-8)11-5-9-3-4-10(6-11)15(9)2/h5,7,9-10H,3-4,6H2,1-2H3. The van der Waals surface area contributed by atoms with E-state index in [1.165, 1.54) is 18.5 Å². The van der Waals surface area contributed by atoms with E-state index in [9.17, 15) is 0 Å². The number of aromatic nitrogens is 2. The zero-order valence-corrected chi connectivity index (χ0v) is 10.4. The van der Waals surface area contributed by atoms with Gasteiger partial charge in [-0.25, -0.2) is 4.68 Å². The number of halogens is 1. The second-order valence-electron chi connectivity index (χ2n) is 4.83. The van der Waals surface area contributed by atoms with Crippen LogP contribution in [0.1, 0.15) is 25.0 Å². The third kappa shape index (κ3) is 1.50. The summed E-state index contributed by atoms with van der Waals surface area (Å²) in [6.45, 7) is 1.95. The molecule has 3 rings (SSSR count). The molecule has 2 unspecified atom stereocenters. The van der Waals surface area contributed by atoms with Gasteiger partial charge >= 0.3 is 0 Å². The number of nitrogens with zero attached hydrogens (tertiary/aromatic N) is 3. The molecule has 1 aromatic rings. The van der Waals surface area contributed by atoms with E-state index in [4.69, 9.17) is 11.6 Å². The van der Waals surface area contributed by atoms with Gasteiger partial charge in [0, 0.05) is 30.4 Å². The topological polar surface area (TPSA) is 21.1 Å². The molecule has 86 valence electrons. The molecule has 0 spiro atoms. The summed E-state index contributed by atoms with van der Waals surface area (Å²) in [6.07, 6.45) is 7.93. The molecule has 0 aromatic carbocycles. The maximum Gasteiger partial charge on any atom is 0.0819 e. The number of hydrogen-bond donors (Lipinski definition) is 0. The SMILES string of the molecule is Cc1nn(C2=CC3CCC(C2)N3C)cc1Cl. The third-order valence-electron chi connectivity index (χ3n) is 3.86. The summed E-state index contributed by atoms with van der Waals surface area (Å²) in [5.41, 5.74) is 2.22. The fourth-order valence-electron chi connectivity index (χ4n) is 2.78. The van der Waals surface area contributed by atoms with Crippen LogP contribution in [0, 0.1) is 6.92 Å². The van der Waals surface area contributed by atoms with E-state index < -0.39 is 0 Å². The van der Waals surface area contributed by atoms with Crippen LogP contribution in [-0.2, 0) is 0 Å². The number of aryl methyl sites for hydroxylation is 1. The van der Waals surface area contributed by atoms with E-state index in [1.54, 1.807) is 0 Å². The van der Waals surface area contributed by atoms with Crippen LogP contribution in [0.4, 0.5) is 0 Å². The second kappa shape index (κ2) is 3.60. The van der Waals surface area contributed by atoms with Gasteiger partial charge in [0.25, 0.3) is 0 Å². The summed E-state index contributed by atoms with van der Waals surface area (Å²) >= 11 is 6.04.